The molecule has 0 N–H and O–H groups in total. The average molecular weight is 279 g/mol. The van der Waals surface area contributed by atoms with Gasteiger partial charge in [0.15, 0.2) is 0 Å². The molecule has 108 valence electrons. The highest BCUT2D eigenvalue weighted by molar-refractivity contribution is 5.94. The smallest absolute Gasteiger partial charge is 0.254 e. The van der Waals surface area contributed by atoms with Crippen LogP contribution in [0, 0.1) is 11.9 Å². The maximum Gasteiger partial charge on any atom is 0.254 e. The fourth-order valence-corrected chi connectivity index (χ4v) is 2.21. The Balaban J connectivity index is 1.97. The number of amides is 2. The molecule has 1 aliphatic heterocycles. The topological polar surface area (TPSA) is 53.5 Å². The SMILES string of the molecule is CC(C)C(=O)N1CCN(C(=O)c2ccnc(F)c2)CC1. The molecule has 1 saturated heterocycles. The van der Waals surface area contributed by atoms with E-state index >= 15 is 0 Å². The van der Waals surface area contributed by atoms with E-state index in [1.54, 1.807) is 9.80 Å². The summed E-state index contributed by atoms with van der Waals surface area (Å²) >= 11 is 0. The van der Waals surface area contributed by atoms with Crippen molar-refractivity contribution in [1.82, 2.24) is 14.8 Å². The van der Waals surface area contributed by atoms with E-state index in [9.17, 15) is 14.0 Å². The molecule has 0 unspecified atom stereocenters. The number of rotatable bonds is 2. The molecule has 6 heteroatoms. The summed E-state index contributed by atoms with van der Waals surface area (Å²) in [5.41, 5.74) is 0.293. The minimum atomic E-state index is -0.663. The zero-order chi connectivity index (χ0) is 14.7. The number of carbonyl (C=O) groups is 2. The van der Waals surface area contributed by atoms with Crippen LogP contribution in [-0.4, -0.2) is 52.8 Å². The maximum atomic E-state index is 13.0. The van der Waals surface area contributed by atoms with Crippen LogP contribution < -0.4 is 0 Å². The van der Waals surface area contributed by atoms with Gasteiger partial charge in [-0.05, 0) is 6.07 Å². The minimum Gasteiger partial charge on any atom is -0.339 e. The molecule has 2 amide bonds. The van der Waals surface area contributed by atoms with Gasteiger partial charge in [0.05, 0.1) is 0 Å². The molecular weight excluding hydrogens is 261 g/mol. The fraction of sp³-hybridized carbons (Fsp3) is 0.500. The molecule has 5 nitrogen and oxygen atoms in total. The predicted molar refractivity (Wildman–Crippen MR) is 71.5 cm³/mol. The molecule has 0 atom stereocenters. The molecule has 0 spiro atoms. The zero-order valence-electron chi connectivity index (χ0n) is 11.7. The van der Waals surface area contributed by atoms with Crippen molar-refractivity contribution in [3.8, 4) is 0 Å². The van der Waals surface area contributed by atoms with Gasteiger partial charge in [-0.15, -0.1) is 0 Å². The lowest BCUT2D eigenvalue weighted by Crippen LogP contribution is -2.51. The van der Waals surface area contributed by atoms with Gasteiger partial charge in [-0.1, -0.05) is 13.8 Å². The Morgan fingerprint density at radius 1 is 1.20 bits per heavy atom. The van der Waals surface area contributed by atoms with E-state index < -0.39 is 5.95 Å². The highest BCUT2D eigenvalue weighted by Gasteiger charge is 2.26. The van der Waals surface area contributed by atoms with Crippen molar-refractivity contribution in [3.05, 3.63) is 29.8 Å². The molecule has 0 bridgehead atoms. The third-order valence-corrected chi connectivity index (χ3v) is 3.35. The second-order valence-corrected chi connectivity index (χ2v) is 5.14. The molecule has 1 aromatic heterocycles. The van der Waals surface area contributed by atoms with Crippen molar-refractivity contribution in [3.63, 3.8) is 0 Å². The van der Waals surface area contributed by atoms with Crippen LogP contribution in [0.1, 0.15) is 24.2 Å². The first-order valence-corrected chi connectivity index (χ1v) is 6.68. The number of hydrogen-bond acceptors (Lipinski definition) is 3. The highest BCUT2D eigenvalue weighted by atomic mass is 19.1. The minimum absolute atomic E-state index is 0.0356. The van der Waals surface area contributed by atoms with E-state index in [-0.39, 0.29) is 17.7 Å². The monoisotopic (exact) mass is 279 g/mol. The number of halogens is 1. The molecule has 0 saturated carbocycles. The van der Waals surface area contributed by atoms with E-state index in [4.69, 9.17) is 0 Å². The first kappa shape index (κ1) is 14.4. The molecule has 0 aliphatic carbocycles. The van der Waals surface area contributed by atoms with Gasteiger partial charge >= 0.3 is 0 Å². The summed E-state index contributed by atoms with van der Waals surface area (Å²) in [7, 11) is 0. The Labute approximate surface area is 117 Å². The highest BCUT2D eigenvalue weighted by Crippen LogP contribution is 2.11. The van der Waals surface area contributed by atoms with Crippen LogP contribution in [0.3, 0.4) is 0 Å². The molecule has 1 aliphatic rings. The Kier molecular flexibility index (Phi) is 4.32. The van der Waals surface area contributed by atoms with Crippen LogP contribution >= 0.6 is 0 Å². The van der Waals surface area contributed by atoms with Crippen molar-refractivity contribution >= 4 is 11.8 Å². The lowest BCUT2D eigenvalue weighted by molar-refractivity contribution is -0.135. The maximum absolute atomic E-state index is 13.0. The number of piperazine rings is 1. The van der Waals surface area contributed by atoms with Gasteiger partial charge in [-0.3, -0.25) is 9.59 Å². The van der Waals surface area contributed by atoms with Crippen LogP contribution in [-0.2, 0) is 4.79 Å². The lowest BCUT2D eigenvalue weighted by Gasteiger charge is -2.35. The van der Waals surface area contributed by atoms with Crippen molar-refractivity contribution in [2.75, 3.05) is 26.2 Å². The predicted octanol–water partition coefficient (Wildman–Crippen LogP) is 1.16. The summed E-state index contributed by atoms with van der Waals surface area (Å²) in [5.74, 6) is -0.814. The van der Waals surface area contributed by atoms with Crippen LogP contribution in [0.4, 0.5) is 4.39 Å². The van der Waals surface area contributed by atoms with Gasteiger partial charge in [0.1, 0.15) is 0 Å². The van der Waals surface area contributed by atoms with Crippen molar-refractivity contribution in [2.45, 2.75) is 13.8 Å². The van der Waals surface area contributed by atoms with Crippen molar-refractivity contribution in [2.24, 2.45) is 5.92 Å². The van der Waals surface area contributed by atoms with Crippen LogP contribution in [0.25, 0.3) is 0 Å². The Hall–Kier alpha value is -1.98. The normalized spacial score (nSPS) is 15.6. The molecule has 2 rings (SSSR count). The van der Waals surface area contributed by atoms with E-state index in [2.05, 4.69) is 4.98 Å². The number of carbonyl (C=O) groups excluding carboxylic acids is 2. The third kappa shape index (κ3) is 3.12. The standard InChI is InChI=1S/C14H18FN3O2/c1-10(2)13(19)17-5-7-18(8-6-17)14(20)11-3-4-16-12(15)9-11/h3-4,9-10H,5-8H2,1-2H3. The van der Waals surface area contributed by atoms with E-state index in [1.807, 2.05) is 13.8 Å². The number of nitrogens with zero attached hydrogens (tertiary/aromatic N) is 3. The zero-order valence-corrected chi connectivity index (χ0v) is 11.7. The van der Waals surface area contributed by atoms with Crippen LogP contribution in [0.5, 0.6) is 0 Å². The average Bonchev–Trinajstić information content (AvgIpc) is 2.46. The van der Waals surface area contributed by atoms with E-state index in [1.165, 1.54) is 12.3 Å². The summed E-state index contributed by atoms with van der Waals surface area (Å²) in [6.45, 7) is 5.72. The van der Waals surface area contributed by atoms with Crippen LogP contribution in [0.2, 0.25) is 0 Å². The van der Waals surface area contributed by atoms with Gasteiger partial charge < -0.3 is 9.80 Å². The number of aromatic nitrogens is 1. The Bertz CT molecular complexity index is 511. The first-order chi connectivity index (χ1) is 9.49. The lowest BCUT2D eigenvalue weighted by atomic mass is 10.1. The van der Waals surface area contributed by atoms with Gasteiger partial charge in [0, 0.05) is 49.9 Å². The summed E-state index contributed by atoms with van der Waals surface area (Å²) in [6.07, 6.45) is 1.28. The molecule has 2 heterocycles. The van der Waals surface area contributed by atoms with Gasteiger partial charge in [-0.2, -0.15) is 4.39 Å². The Morgan fingerprint density at radius 3 is 2.35 bits per heavy atom. The summed E-state index contributed by atoms with van der Waals surface area (Å²) in [6, 6.07) is 2.63. The Morgan fingerprint density at radius 2 is 1.80 bits per heavy atom. The molecule has 0 aromatic carbocycles. The van der Waals surface area contributed by atoms with Crippen molar-refractivity contribution < 1.29 is 14.0 Å². The van der Waals surface area contributed by atoms with Gasteiger partial charge in [-0.25, -0.2) is 4.98 Å². The van der Waals surface area contributed by atoms with Gasteiger partial charge in [0.2, 0.25) is 11.9 Å². The van der Waals surface area contributed by atoms with Crippen molar-refractivity contribution in [1.29, 1.82) is 0 Å². The largest absolute Gasteiger partial charge is 0.339 e. The fourth-order valence-electron chi connectivity index (χ4n) is 2.21. The number of pyridine rings is 1. The van der Waals surface area contributed by atoms with E-state index in [0.717, 1.165) is 6.07 Å². The molecular formula is C14H18FN3O2. The van der Waals surface area contributed by atoms with E-state index in [0.29, 0.717) is 31.7 Å². The second kappa shape index (κ2) is 5.98. The number of hydrogen-bond donors (Lipinski definition) is 0. The molecule has 1 fully saturated rings. The summed E-state index contributed by atoms with van der Waals surface area (Å²) in [5, 5.41) is 0. The molecule has 0 radical (unpaired) electrons. The summed E-state index contributed by atoms with van der Waals surface area (Å²) < 4.78 is 13.0. The quantitative estimate of drug-likeness (QED) is 0.763. The van der Waals surface area contributed by atoms with Crippen LogP contribution in [0.15, 0.2) is 18.3 Å². The summed E-state index contributed by atoms with van der Waals surface area (Å²) in [4.78, 5) is 30.9. The third-order valence-electron chi connectivity index (χ3n) is 3.35. The second-order valence-electron chi connectivity index (χ2n) is 5.14. The molecule has 1 aromatic rings. The molecule has 20 heavy (non-hydrogen) atoms. The first-order valence-electron chi connectivity index (χ1n) is 6.68. The van der Waals surface area contributed by atoms with Gasteiger partial charge in [0.25, 0.3) is 5.91 Å².